The minimum atomic E-state index is -0.0229. The Balaban J connectivity index is 1.43. The molecule has 1 aromatic carbocycles. The number of nitrogens with zero attached hydrogens (tertiary/aromatic N) is 5. The van der Waals surface area contributed by atoms with Crippen LogP contribution in [0.3, 0.4) is 0 Å². The van der Waals surface area contributed by atoms with Gasteiger partial charge in [0.2, 0.25) is 0 Å². The van der Waals surface area contributed by atoms with Crippen molar-refractivity contribution in [2.75, 3.05) is 6.54 Å². The molecule has 0 spiro atoms. The van der Waals surface area contributed by atoms with Gasteiger partial charge >= 0.3 is 0 Å². The van der Waals surface area contributed by atoms with Crippen molar-refractivity contribution < 1.29 is 4.79 Å². The van der Waals surface area contributed by atoms with Crippen molar-refractivity contribution in [2.45, 2.75) is 31.7 Å². The number of hydrogen-bond donors (Lipinski definition) is 0. The summed E-state index contributed by atoms with van der Waals surface area (Å²) in [6.07, 6.45) is 9.21. The zero-order valence-electron chi connectivity index (χ0n) is 14.5. The van der Waals surface area contributed by atoms with Gasteiger partial charge in [-0.15, -0.1) is 10.2 Å². The number of carbonyl (C=O) groups excluding carboxylic acids is 1. The lowest BCUT2D eigenvalue weighted by Crippen LogP contribution is -2.36. The van der Waals surface area contributed by atoms with Gasteiger partial charge in [0.15, 0.2) is 11.5 Å². The van der Waals surface area contributed by atoms with Crippen LogP contribution in [0.15, 0.2) is 61.2 Å². The van der Waals surface area contributed by atoms with Crippen LogP contribution >= 0.6 is 0 Å². The van der Waals surface area contributed by atoms with Crippen LogP contribution in [-0.4, -0.2) is 43.1 Å². The van der Waals surface area contributed by atoms with Gasteiger partial charge < -0.3 is 4.90 Å². The molecule has 0 N–H and O–H groups in total. The normalized spacial score (nSPS) is 16.8. The van der Waals surface area contributed by atoms with Gasteiger partial charge in [-0.3, -0.25) is 9.36 Å². The molecule has 1 saturated heterocycles. The Kier molecular flexibility index (Phi) is 4.73. The molecular weight excluding hydrogens is 326 g/mol. The van der Waals surface area contributed by atoms with Gasteiger partial charge in [-0.05, 0) is 43.4 Å². The Morgan fingerprint density at radius 2 is 2.00 bits per heavy atom. The summed E-state index contributed by atoms with van der Waals surface area (Å²) in [5.41, 5.74) is 1.72. The number of benzene rings is 1. The van der Waals surface area contributed by atoms with E-state index in [0.717, 1.165) is 32.2 Å². The summed E-state index contributed by atoms with van der Waals surface area (Å²) in [5.74, 6) is 0.631. The molecule has 26 heavy (non-hydrogen) atoms. The van der Waals surface area contributed by atoms with Crippen molar-refractivity contribution in [3.8, 4) is 5.82 Å². The molecular formula is C20H21N5O. The molecule has 1 amide bonds. The average molecular weight is 347 g/mol. The van der Waals surface area contributed by atoms with Gasteiger partial charge in [-0.2, -0.15) is 0 Å². The third-order valence-electron chi connectivity index (χ3n) is 4.89. The lowest BCUT2D eigenvalue weighted by Gasteiger charge is -2.24. The number of aryl methyl sites for hydroxylation is 1. The summed E-state index contributed by atoms with van der Waals surface area (Å²) in [4.78, 5) is 18.8. The molecule has 3 aromatic rings. The summed E-state index contributed by atoms with van der Waals surface area (Å²) in [7, 11) is 0. The van der Waals surface area contributed by atoms with Gasteiger partial charge in [0, 0.05) is 25.0 Å². The second-order valence-corrected chi connectivity index (χ2v) is 6.57. The number of amides is 1. The summed E-state index contributed by atoms with van der Waals surface area (Å²) in [6.45, 7) is 0.795. The first-order chi connectivity index (χ1) is 12.8. The van der Waals surface area contributed by atoms with Gasteiger partial charge in [0.1, 0.15) is 6.33 Å². The van der Waals surface area contributed by atoms with Gasteiger partial charge in [0.25, 0.3) is 5.91 Å². The number of likely N-dealkylation sites (tertiary alicyclic amines) is 1. The van der Waals surface area contributed by atoms with Crippen LogP contribution in [0.25, 0.3) is 5.82 Å². The van der Waals surface area contributed by atoms with Crippen molar-refractivity contribution in [1.82, 2.24) is 24.6 Å². The Hall–Kier alpha value is -3.02. The molecule has 6 nitrogen and oxygen atoms in total. The van der Waals surface area contributed by atoms with Gasteiger partial charge in [-0.1, -0.05) is 30.3 Å². The van der Waals surface area contributed by atoms with Crippen LogP contribution in [0.5, 0.6) is 0 Å². The van der Waals surface area contributed by atoms with E-state index < -0.39 is 0 Å². The molecule has 0 aliphatic carbocycles. The van der Waals surface area contributed by atoms with Crippen LogP contribution in [-0.2, 0) is 6.42 Å². The Labute approximate surface area is 152 Å². The minimum absolute atomic E-state index is 0.0229. The molecule has 1 fully saturated rings. The Bertz CT molecular complexity index is 846. The van der Waals surface area contributed by atoms with E-state index in [0.29, 0.717) is 11.5 Å². The first-order valence-corrected chi connectivity index (χ1v) is 8.98. The summed E-state index contributed by atoms with van der Waals surface area (Å²) in [5, 5.41) is 8.30. The van der Waals surface area contributed by atoms with E-state index >= 15 is 0 Å². The highest BCUT2D eigenvalue weighted by Gasteiger charge is 2.30. The van der Waals surface area contributed by atoms with Crippen LogP contribution in [0.2, 0.25) is 0 Å². The number of hydrogen-bond acceptors (Lipinski definition) is 4. The predicted octanol–water partition coefficient (Wildman–Crippen LogP) is 2.90. The van der Waals surface area contributed by atoms with Crippen LogP contribution in [0.4, 0.5) is 0 Å². The fourth-order valence-electron chi connectivity index (χ4n) is 3.50. The highest BCUT2D eigenvalue weighted by Crippen LogP contribution is 2.23. The van der Waals surface area contributed by atoms with Crippen molar-refractivity contribution in [3.05, 3.63) is 72.4 Å². The van der Waals surface area contributed by atoms with E-state index in [1.54, 1.807) is 35.4 Å². The maximum absolute atomic E-state index is 12.9. The largest absolute Gasteiger partial charge is 0.334 e. The minimum Gasteiger partial charge on any atom is -0.334 e. The molecule has 0 radical (unpaired) electrons. The number of carbonyl (C=O) groups is 1. The molecule has 132 valence electrons. The van der Waals surface area contributed by atoms with E-state index in [-0.39, 0.29) is 11.9 Å². The van der Waals surface area contributed by atoms with Gasteiger partial charge in [0.05, 0.1) is 0 Å². The molecule has 0 bridgehead atoms. The maximum Gasteiger partial charge on any atom is 0.274 e. The van der Waals surface area contributed by atoms with E-state index in [1.807, 2.05) is 11.0 Å². The highest BCUT2D eigenvalue weighted by molar-refractivity contribution is 5.92. The Morgan fingerprint density at radius 1 is 1.12 bits per heavy atom. The lowest BCUT2D eigenvalue weighted by molar-refractivity contribution is 0.0723. The SMILES string of the molecule is O=C(c1ccc(-n2ccnc2)nn1)N1CCC[C@H]1CCc1ccccc1. The first-order valence-electron chi connectivity index (χ1n) is 8.98. The standard InChI is InChI=1S/C20H21N5O/c26-20(18-10-11-19(23-22-18)24-14-12-21-15-24)25-13-4-7-17(25)9-8-16-5-2-1-3-6-16/h1-3,5-6,10-12,14-15,17H,4,7-9,13H2/t17-/m0/s1. The third kappa shape index (κ3) is 3.49. The lowest BCUT2D eigenvalue weighted by atomic mass is 10.0. The number of imidazole rings is 1. The van der Waals surface area contributed by atoms with E-state index in [2.05, 4.69) is 39.4 Å². The number of rotatable bonds is 5. The topological polar surface area (TPSA) is 63.9 Å². The first kappa shape index (κ1) is 16.4. The second-order valence-electron chi connectivity index (χ2n) is 6.57. The van der Waals surface area contributed by atoms with Crippen molar-refractivity contribution in [3.63, 3.8) is 0 Å². The van der Waals surface area contributed by atoms with Crippen molar-refractivity contribution >= 4 is 5.91 Å². The number of aromatic nitrogens is 4. The van der Waals surface area contributed by atoms with Crippen LogP contribution < -0.4 is 0 Å². The highest BCUT2D eigenvalue weighted by atomic mass is 16.2. The zero-order chi connectivity index (χ0) is 17.8. The molecule has 1 atom stereocenters. The molecule has 0 saturated carbocycles. The van der Waals surface area contributed by atoms with Crippen molar-refractivity contribution in [1.29, 1.82) is 0 Å². The van der Waals surface area contributed by atoms with E-state index in [4.69, 9.17) is 0 Å². The molecule has 4 rings (SSSR count). The van der Waals surface area contributed by atoms with Crippen LogP contribution in [0, 0.1) is 0 Å². The Morgan fingerprint density at radius 3 is 2.73 bits per heavy atom. The van der Waals surface area contributed by atoms with Crippen molar-refractivity contribution in [2.24, 2.45) is 0 Å². The predicted molar refractivity (Wildman–Crippen MR) is 98.0 cm³/mol. The monoisotopic (exact) mass is 347 g/mol. The summed E-state index contributed by atoms with van der Waals surface area (Å²) < 4.78 is 1.76. The third-order valence-corrected chi connectivity index (χ3v) is 4.89. The molecule has 0 unspecified atom stereocenters. The average Bonchev–Trinajstić information content (AvgIpc) is 3.39. The quantitative estimate of drug-likeness (QED) is 0.712. The van der Waals surface area contributed by atoms with E-state index in [9.17, 15) is 4.79 Å². The fourth-order valence-corrected chi connectivity index (χ4v) is 3.50. The van der Waals surface area contributed by atoms with Gasteiger partial charge in [-0.25, -0.2) is 4.98 Å². The summed E-state index contributed by atoms with van der Waals surface area (Å²) in [6, 6.07) is 14.3. The second kappa shape index (κ2) is 7.47. The molecule has 1 aliphatic rings. The summed E-state index contributed by atoms with van der Waals surface area (Å²) >= 11 is 0. The van der Waals surface area contributed by atoms with Crippen LogP contribution in [0.1, 0.15) is 35.3 Å². The molecule has 1 aliphatic heterocycles. The molecule has 3 heterocycles. The van der Waals surface area contributed by atoms with E-state index in [1.165, 1.54) is 5.56 Å². The smallest absolute Gasteiger partial charge is 0.274 e. The fraction of sp³-hybridized carbons (Fsp3) is 0.300. The molecule has 2 aromatic heterocycles. The molecule has 6 heteroatoms. The maximum atomic E-state index is 12.9. The zero-order valence-corrected chi connectivity index (χ0v) is 14.5.